The number of esters is 1. The number of hydrogen-bond acceptors (Lipinski definition) is 4. The van der Waals surface area contributed by atoms with Crippen LogP contribution in [-0.2, 0) is 14.3 Å². The van der Waals surface area contributed by atoms with Gasteiger partial charge in [0.05, 0.1) is 5.56 Å². The van der Waals surface area contributed by atoms with Crippen molar-refractivity contribution in [1.82, 2.24) is 4.90 Å². The second-order valence-corrected chi connectivity index (χ2v) is 6.55. The van der Waals surface area contributed by atoms with Gasteiger partial charge < -0.3 is 15.0 Å². The fourth-order valence-corrected chi connectivity index (χ4v) is 2.67. The van der Waals surface area contributed by atoms with Gasteiger partial charge in [-0.25, -0.2) is 4.79 Å². The summed E-state index contributed by atoms with van der Waals surface area (Å²) in [4.78, 5) is 35.9. The third-order valence-electron chi connectivity index (χ3n) is 4.23. The van der Waals surface area contributed by atoms with E-state index >= 15 is 0 Å². The smallest absolute Gasteiger partial charge is 0.406 e. The molecule has 1 N–H and O–H groups in total. The average molecular weight is 386 g/mol. The zero-order chi connectivity index (χ0) is 20.2. The second kappa shape index (κ2) is 8.41. The maximum Gasteiger partial charge on any atom is 0.406 e. The van der Waals surface area contributed by atoms with Gasteiger partial charge in [0.2, 0.25) is 5.91 Å². The molecule has 6 nitrogen and oxygen atoms in total. The van der Waals surface area contributed by atoms with Crippen LogP contribution in [0, 0.1) is 5.92 Å². The Labute approximate surface area is 154 Å². The summed E-state index contributed by atoms with van der Waals surface area (Å²) in [6.07, 6.45) is -2.96. The Kier molecular flexibility index (Phi) is 6.45. The molecule has 9 heteroatoms. The SMILES string of the molecule is CC(=O)Nc1ccc(C(=O)OCC(=O)N(CC(F)(F)F)[C@@H](C)C2CC2)cc1. The number of carbonyl (C=O) groups excluding carboxylic acids is 3. The van der Waals surface area contributed by atoms with Gasteiger partial charge in [0.15, 0.2) is 6.61 Å². The molecule has 0 radical (unpaired) electrons. The zero-order valence-electron chi connectivity index (χ0n) is 15.0. The first kappa shape index (κ1) is 20.7. The van der Waals surface area contributed by atoms with Gasteiger partial charge in [-0.1, -0.05) is 0 Å². The van der Waals surface area contributed by atoms with E-state index in [2.05, 4.69) is 5.32 Å². The number of anilines is 1. The molecule has 0 saturated heterocycles. The first-order valence-corrected chi connectivity index (χ1v) is 8.48. The van der Waals surface area contributed by atoms with Crippen LogP contribution in [0.25, 0.3) is 0 Å². The summed E-state index contributed by atoms with van der Waals surface area (Å²) >= 11 is 0. The van der Waals surface area contributed by atoms with Crippen molar-refractivity contribution in [2.24, 2.45) is 5.92 Å². The molecule has 0 unspecified atom stereocenters. The van der Waals surface area contributed by atoms with E-state index < -0.39 is 37.2 Å². The maximum atomic E-state index is 12.8. The number of amides is 2. The molecule has 27 heavy (non-hydrogen) atoms. The Morgan fingerprint density at radius 1 is 1.22 bits per heavy atom. The highest BCUT2D eigenvalue weighted by molar-refractivity contribution is 5.93. The van der Waals surface area contributed by atoms with E-state index in [1.54, 1.807) is 6.92 Å². The summed E-state index contributed by atoms with van der Waals surface area (Å²) in [6.45, 7) is 0.777. The molecule has 2 amide bonds. The summed E-state index contributed by atoms with van der Waals surface area (Å²) in [6, 6.07) is 5.17. The van der Waals surface area contributed by atoms with Crippen LogP contribution < -0.4 is 5.32 Å². The fourth-order valence-electron chi connectivity index (χ4n) is 2.67. The number of nitrogens with zero attached hydrogens (tertiary/aromatic N) is 1. The van der Waals surface area contributed by atoms with Gasteiger partial charge >= 0.3 is 12.1 Å². The molecule has 1 atom stereocenters. The number of ether oxygens (including phenoxy) is 1. The van der Waals surface area contributed by atoms with E-state index in [9.17, 15) is 27.6 Å². The van der Waals surface area contributed by atoms with E-state index in [0.29, 0.717) is 5.69 Å². The van der Waals surface area contributed by atoms with Crippen LogP contribution >= 0.6 is 0 Å². The van der Waals surface area contributed by atoms with E-state index in [-0.39, 0.29) is 17.4 Å². The van der Waals surface area contributed by atoms with Crippen molar-refractivity contribution in [3.8, 4) is 0 Å². The Morgan fingerprint density at radius 2 is 1.81 bits per heavy atom. The van der Waals surface area contributed by atoms with Crippen LogP contribution in [0.5, 0.6) is 0 Å². The number of carbonyl (C=O) groups is 3. The normalized spacial score (nSPS) is 15.0. The van der Waals surface area contributed by atoms with Crippen molar-refractivity contribution < 1.29 is 32.3 Å². The number of alkyl halides is 3. The number of nitrogens with one attached hydrogen (secondary N) is 1. The van der Waals surface area contributed by atoms with E-state index in [1.807, 2.05) is 0 Å². The number of hydrogen-bond donors (Lipinski definition) is 1. The van der Waals surface area contributed by atoms with Gasteiger partial charge in [0, 0.05) is 18.7 Å². The standard InChI is InChI=1S/C18H21F3N2O4/c1-11(13-3-4-13)23(10-18(19,20)21)16(25)9-27-17(26)14-5-7-15(8-6-14)22-12(2)24/h5-8,11,13H,3-4,9-10H2,1-2H3,(H,22,24)/t11-/m0/s1. The summed E-state index contributed by atoms with van der Waals surface area (Å²) in [5.74, 6) is -1.93. The number of halogens is 3. The molecule has 0 aliphatic heterocycles. The van der Waals surface area contributed by atoms with Crippen molar-refractivity contribution in [3.63, 3.8) is 0 Å². The molecular weight excluding hydrogens is 365 g/mol. The highest BCUT2D eigenvalue weighted by Crippen LogP contribution is 2.36. The summed E-state index contributed by atoms with van der Waals surface area (Å²) in [5.41, 5.74) is 0.597. The molecule has 1 aliphatic carbocycles. The molecule has 1 saturated carbocycles. The molecule has 0 bridgehead atoms. The molecule has 1 aromatic carbocycles. The minimum Gasteiger partial charge on any atom is -0.452 e. The zero-order valence-corrected chi connectivity index (χ0v) is 15.0. The monoisotopic (exact) mass is 386 g/mol. The molecule has 148 valence electrons. The van der Waals surface area contributed by atoms with Crippen LogP contribution in [0.4, 0.5) is 18.9 Å². The Morgan fingerprint density at radius 3 is 2.30 bits per heavy atom. The Balaban J connectivity index is 1.94. The molecule has 0 aromatic heterocycles. The summed E-state index contributed by atoms with van der Waals surface area (Å²) in [5, 5.41) is 2.53. The lowest BCUT2D eigenvalue weighted by Gasteiger charge is -2.30. The van der Waals surface area contributed by atoms with Crippen molar-refractivity contribution in [2.45, 2.75) is 38.9 Å². The van der Waals surface area contributed by atoms with Gasteiger partial charge in [-0.15, -0.1) is 0 Å². The van der Waals surface area contributed by atoms with Crippen molar-refractivity contribution in [3.05, 3.63) is 29.8 Å². The van der Waals surface area contributed by atoms with Gasteiger partial charge in [-0.2, -0.15) is 13.2 Å². The van der Waals surface area contributed by atoms with Crippen LogP contribution in [0.2, 0.25) is 0 Å². The van der Waals surface area contributed by atoms with Gasteiger partial charge in [-0.05, 0) is 49.9 Å². The predicted molar refractivity (Wildman–Crippen MR) is 91.0 cm³/mol. The molecule has 1 aromatic rings. The molecule has 0 heterocycles. The Hall–Kier alpha value is -2.58. The quantitative estimate of drug-likeness (QED) is 0.731. The lowest BCUT2D eigenvalue weighted by molar-refractivity contribution is -0.167. The highest BCUT2D eigenvalue weighted by atomic mass is 19.4. The first-order chi connectivity index (χ1) is 12.6. The third kappa shape index (κ3) is 6.58. The van der Waals surface area contributed by atoms with Crippen LogP contribution in [0.15, 0.2) is 24.3 Å². The summed E-state index contributed by atoms with van der Waals surface area (Å²) in [7, 11) is 0. The molecule has 1 aliphatic rings. The number of benzene rings is 1. The van der Waals surface area contributed by atoms with Gasteiger partial charge in [-0.3, -0.25) is 9.59 Å². The molecule has 0 spiro atoms. The predicted octanol–water partition coefficient (Wildman–Crippen LogP) is 2.99. The van der Waals surface area contributed by atoms with E-state index in [4.69, 9.17) is 4.74 Å². The minimum atomic E-state index is -4.53. The average Bonchev–Trinajstić information content (AvgIpc) is 3.41. The summed E-state index contributed by atoms with van der Waals surface area (Å²) < 4.78 is 43.2. The topological polar surface area (TPSA) is 75.7 Å². The van der Waals surface area contributed by atoms with Crippen LogP contribution in [0.3, 0.4) is 0 Å². The first-order valence-electron chi connectivity index (χ1n) is 8.48. The Bertz CT molecular complexity index is 700. The van der Waals surface area contributed by atoms with Crippen LogP contribution in [0.1, 0.15) is 37.0 Å². The lowest BCUT2D eigenvalue weighted by Crippen LogP contribution is -2.47. The largest absolute Gasteiger partial charge is 0.452 e. The van der Waals surface area contributed by atoms with E-state index in [1.165, 1.54) is 31.2 Å². The minimum absolute atomic E-state index is 0.0494. The van der Waals surface area contributed by atoms with Crippen molar-refractivity contribution in [2.75, 3.05) is 18.5 Å². The molecular formula is C18H21F3N2O4. The third-order valence-corrected chi connectivity index (χ3v) is 4.23. The maximum absolute atomic E-state index is 12.8. The molecule has 1 fully saturated rings. The van der Waals surface area contributed by atoms with Gasteiger partial charge in [0.1, 0.15) is 6.54 Å². The second-order valence-electron chi connectivity index (χ2n) is 6.55. The fraction of sp³-hybridized carbons (Fsp3) is 0.500. The van der Waals surface area contributed by atoms with Crippen LogP contribution in [-0.4, -0.2) is 48.1 Å². The molecule has 2 rings (SSSR count). The highest BCUT2D eigenvalue weighted by Gasteiger charge is 2.40. The number of rotatable bonds is 7. The van der Waals surface area contributed by atoms with Gasteiger partial charge in [0.25, 0.3) is 5.91 Å². The van der Waals surface area contributed by atoms with Crippen molar-refractivity contribution >= 4 is 23.5 Å². The lowest BCUT2D eigenvalue weighted by atomic mass is 10.2. The van der Waals surface area contributed by atoms with E-state index in [0.717, 1.165) is 17.7 Å². The van der Waals surface area contributed by atoms with Crippen molar-refractivity contribution in [1.29, 1.82) is 0 Å².